The molecule has 0 saturated carbocycles. The molecule has 3 rings (SSSR count). The molecule has 21 heavy (non-hydrogen) atoms. The molecule has 0 unspecified atom stereocenters. The molecule has 0 bridgehead atoms. The Bertz CT molecular complexity index is 869. The Morgan fingerprint density at radius 1 is 1.05 bits per heavy atom. The highest BCUT2D eigenvalue weighted by Crippen LogP contribution is 2.39. The van der Waals surface area contributed by atoms with Crippen LogP contribution in [-0.2, 0) is 0 Å². The van der Waals surface area contributed by atoms with Gasteiger partial charge in [0.1, 0.15) is 22.6 Å². The smallest absolute Gasteiger partial charge is 0.197 e. The van der Waals surface area contributed by atoms with Gasteiger partial charge in [-0.2, -0.15) is 0 Å². The predicted molar refractivity (Wildman–Crippen MR) is 83.0 cm³/mol. The number of thioether (sulfide) groups is 1. The molecular weight excluding hydrogens is 288 g/mol. The van der Waals surface area contributed by atoms with Gasteiger partial charge in [0.05, 0.1) is 4.90 Å². The molecule has 5 heteroatoms. The number of benzene rings is 2. The minimum Gasteiger partial charge on any atom is -0.507 e. The monoisotopic (exact) mass is 300 g/mol. The van der Waals surface area contributed by atoms with Gasteiger partial charge >= 0.3 is 0 Å². The molecule has 2 aromatic carbocycles. The summed E-state index contributed by atoms with van der Waals surface area (Å²) in [5, 5.41) is 19.9. The Morgan fingerprint density at radius 3 is 2.43 bits per heavy atom. The molecule has 4 nitrogen and oxygen atoms in total. The molecule has 1 aromatic heterocycles. The van der Waals surface area contributed by atoms with E-state index >= 15 is 0 Å². The van der Waals surface area contributed by atoms with E-state index in [9.17, 15) is 15.0 Å². The van der Waals surface area contributed by atoms with Crippen molar-refractivity contribution >= 4 is 22.7 Å². The number of aromatic hydroxyl groups is 2. The topological polar surface area (TPSA) is 70.7 Å². The Hall–Kier alpha value is -2.40. The van der Waals surface area contributed by atoms with Crippen molar-refractivity contribution in [2.24, 2.45) is 0 Å². The summed E-state index contributed by atoms with van der Waals surface area (Å²) in [4.78, 5) is 12.7. The fourth-order valence-corrected chi connectivity index (χ4v) is 2.82. The van der Waals surface area contributed by atoms with Crippen LogP contribution in [0.2, 0.25) is 0 Å². The van der Waals surface area contributed by atoms with Crippen molar-refractivity contribution < 1.29 is 14.6 Å². The fourth-order valence-electron chi connectivity index (χ4n) is 2.22. The Morgan fingerprint density at radius 2 is 1.76 bits per heavy atom. The van der Waals surface area contributed by atoms with Crippen molar-refractivity contribution in [2.75, 3.05) is 6.26 Å². The van der Waals surface area contributed by atoms with E-state index in [1.807, 2.05) is 30.3 Å². The van der Waals surface area contributed by atoms with Gasteiger partial charge in [0, 0.05) is 17.7 Å². The van der Waals surface area contributed by atoms with Gasteiger partial charge in [-0.15, -0.1) is 11.8 Å². The van der Waals surface area contributed by atoms with Crippen LogP contribution in [0, 0.1) is 0 Å². The maximum absolute atomic E-state index is 12.3. The lowest BCUT2D eigenvalue weighted by atomic mass is 10.1. The molecule has 3 aromatic rings. The highest BCUT2D eigenvalue weighted by atomic mass is 32.2. The fraction of sp³-hybridized carbons (Fsp3) is 0.0625. The molecule has 106 valence electrons. The van der Waals surface area contributed by atoms with E-state index < -0.39 is 0 Å². The van der Waals surface area contributed by atoms with E-state index in [2.05, 4.69) is 0 Å². The second-order valence-electron chi connectivity index (χ2n) is 4.49. The van der Waals surface area contributed by atoms with Crippen LogP contribution in [0.25, 0.3) is 22.3 Å². The van der Waals surface area contributed by atoms with Crippen LogP contribution in [0.5, 0.6) is 11.5 Å². The SMILES string of the molecule is CSc1c(O)cc(O)c2c(=O)cc(-c3ccccc3)oc12. The van der Waals surface area contributed by atoms with Crippen LogP contribution in [0.15, 0.2) is 56.6 Å². The first-order valence-electron chi connectivity index (χ1n) is 6.24. The Kier molecular flexibility index (Phi) is 3.35. The zero-order valence-corrected chi connectivity index (χ0v) is 12.0. The first kappa shape index (κ1) is 13.6. The van der Waals surface area contributed by atoms with Crippen LogP contribution in [0.1, 0.15) is 0 Å². The van der Waals surface area contributed by atoms with Gasteiger partial charge in [-0.25, -0.2) is 0 Å². The molecule has 2 N–H and O–H groups in total. The number of phenols is 2. The molecular formula is C16H12O4S. The van der Waals surface area contributed by atoms with Gasteiger partial charge in [0.2, 0.25) is 0 Å². The standard InChI is InChI=1S/C16H12O4S/c1-21-16-12(19)7-10(17)14-11(18)8-13(20-15(14)16)9-5-3-2-4-6-9/h2-8,17,19H,1H3. The molecule has 0 atom stereocenters. The van der Waals surface area contributed by atoms with Crippen LogP contribution in [0.3, 0.4) is 0 Å². The summed E-state index contributed by atoms with van der Waals surface area (Å²) in [5.74, 6) is 0.00271. The van der Waals surface area contributed by atoms with Gasteiger partial charge in [0.25, 0.3) is 0 Å². The van der Waals surface area contributed by atoms with E-state index in [1.165, 1.54) is 17.8 Å². The molecule has 0 spiro atoms. The molecule has 0 amide bonds. The van der Waals surface area contributed by atoms with Gasteiger partial charge in [-0.05, 0) is 6.26 Å². The highest BCUT2D eigenvalue weighted by Gasteiger charge is 2.17. The molecule has 0 radical (unpaired) electrons. The van der Waals surface area contributed by atoms with Crippen LogP contribution >= 0.6 is 11.8 Å². The molecule has 1 heterocycles. The highest BCUT2D eigenvalue weighted by molar-refractivity contribution is 7.99. The third kappa shape index (κ3) is 2.25. The zero-order chi connectivity index (χ0) is 15.0. The summed E-state index contributed by atoms with van der Waals surface area (Å²) >= 11 is 1.25. The molecule has 0 aliphatic heterocycles. The second-order valence-corrected chi connectivity index (χ2v) is 5.31. The van der Waals surface area contributed by atoms with E-state index in [4.69, 9.17) is 4.42 Å². The van der Waals surface area contributed by atoms with Crippen LogP contribution in [0.4, 0.5) is 0 Å². The summed E-state index contributed by atoms with van der Waals surface area (Å²) in [6.07, 6.45) is 1.76. The van der Waals surface area contributed by atoms with Crippen molar-refractivity contribution in [1.82, 2.24) is 0 Å². The summed E-state index contributed by atoms with van der Waals surface area (Å²) < 4.78 is 5.77. The van der Waals surface area contributed by atoms with E-state index in [-0.39, 0.29) is 27.9 Å². The van der Waals surface area contributed by atoms with E-state index in [0.29, 0.717) is 10.7 Å². The lowest BCUT2D eigenvalue weighted by Crippen LogP contribution is -2.01. The first-order chi connectivity index (χ1) is 10.1. The number of fused-ring (bicyclic) bond motifs is 1. The normalized spacial score (nSPS) is 10.9. The molecule has 0 aliphatic rings. The number of phenolic OH excluding ortho intramolecular Hbond substituents is 2. The summed E-state index contributed by atoms with van der Waals surface area (Å²) in [6, 6.07) is 11.7. The maximum Gasteiger partial charge on any atom is 0.197 e. The van der Waals surface area contributed by atoms with Crippen molar-refractivity contribution in [3.05, 3.63) is 52.7 Å². The van der Waals surface area contributed by atoms with Crippen molar-refractivity contribution in [2.45, 2.75) is 4.90 Å². The van der Waals surface area contributed by atoms with Gasteiger partial charge in [0.15, 0.2) is 11.0 Å². The summed E-state index contributed by atoms with van der Waals surface area (Å²) in [7, 11) is 0. The summed E-state index contributed by atoms with van der Waals surface area (Å²) in [5.41, 5.74) is 0.612. The van der Waals surface area contributed by atoms with Crippen molar-refractivity contribution in [1.29, 1.82) is 0 Å². The van der Waals surface area contributed by atoms with Crippen molar-refractivity contribution in [3.8, 4) is 22.8 Å². The van der Waals surface area contributed by atoms with Gasteiger partial charge in [-0.1, -0.05) is 30.3 Å². The number of hydrogen-bond acceptors (Lipinski definition) is 5. The van der Waals surface area contributed by atoms with E-state index in [0.717, 1.165) is 11.6 Å². The molecule has 0 aliphatic carbocycles. The summed E-state index contributed by atoms with van der Waals surface area (Å²) in [6.45, 7) is 0. The predicted octanol–water partition coefficient (Wildman–Crippen LogP) is 3.59. The lowest BCUT2D eigenvalue weighted by molar-refractivity contribution is 0.442. The van der Waals surface area contributed by atoms with Gasteiger partial charge < -0.3 is 14.6 Å². The Balaban J connectivity index is 2.41. The minimum absolute atomic E-state index is 0.0804. The maximum atomic E-state index is 12.3. The third-order valence-electron chi connectivity index (χ3n) is 3.18. The third-order valence-corrected chi connectivity index (χ3v) is 3.98. The van der Waals surface area contributed by atoms with Crippen molar-refractivity contribution in [3.63, 3.8) is 0 Å². The van der Waals surface area contributed by atoms with Crippen LogP contribution < -0.4 is 5.43 Å². The van der Waals surface area contributed by atoms with E-state index in [1.54, 1.807) is 6.26 Å². The first-order valence-corrected chi connectivity index (χ1v) is 7.46. The lowest BCUT2D eigenvalue weighted by Gasteiger charge is -2.09. The minimum atomic E-state index is -0.345. The molecule has 0 fully saturated rings. The average molecular weight is 300 g/mol. The quantitative estimate of drug-likeness (QED) is 0.708. The molecule has 0 saturated heterocycles. The zero-order valence-electron chi connectivity index (χ0n) is 11.2. The number of hydrogen-bond donors (Lipinski definition) is 2. The second kappa shape index (κ2) is 5.18. The van der Waals surface area contributed by atoms with Crippen LogP contribution in [-0.4, -0.2) is 16.5 Å². The largest absolute Gasteiger partial charge is 0.507 e. The number of rotatable bonds is 2. The Labute approximate surface area is 124 Å². The average Bonchev–Trinajstić information content (AvgIpc) is 2.47. The van der Waals surface area contributed by atoms with Gasteiger partial charge in [-0.3, -0.25) is 4.79 Å².